The average Bonchev–Trinajstić information content (AvgIpc) is 3.68. The van der Waals surface area contributed by atoms with Crippen molar-refractivity contribution in [1.29, 1.82) is 0 Å². The first-order chi connectivity index (χ1) is 23.8. The summed E-state index contributed by atoms with van der Waals surface area (Å²) in [5.74, 6) is 0.658. The van der Waals surface area contributed by atoms with Crippen molar-refractivity contribution < 1.29 is 0 Å². The number of para-hydroxylation sites is 3. The summed E-state index contributed by atoms with van der Waals surface area (Å²) in [5, 5.41) is 5.87. The van der Waals surface area contributed by atoms with Gasteiger partial charge >= 0.3 is 0 Å². The second-order valence-electron chi connectivity index (χ2n) is 12.2. The molecule has 0 unspecified atom stereocenters. The predicted octanol–water partition coefficient (Wildman–Crippen LogP) is 11.2. The topological polar surface area (TPSA) is 35.6 Å². The maximum Gasteiger partial charge on any atom is 0.235 e. The summed E-state index contributed by atoms with van der Waals surface area (Å²) in [6.45, 7) is 0. The van der Waals surface area contributed by atoms with Gasteiger partial charge in [0.25, 0.3) is 0 Å². The van der Waals surface area contributed by atoms with Crippen LogP contribution in [-0.2, 0) is 0 Å². The Labute approximate surface area is 276 Å². The highest BCUT2D eigenvalue weighted by Crippen LogP contribution is 2.42. The third-order valence-corrected chi connectivity index (χ3v) is 9.52. The highest BCUT2D eigenvalue weighted by Gasteiger charge is 2.22. The maximum absolute atomic E-state index is 5.39. The van der Waals surface area contributed by atoms with Crippen molar-refractivity contribution >= 4 is 54.5 Å². The molecule has 4 heteroatoms. The first-order valence-corrected chi connectivity index (χ1v) is 16.3. The largest absolute Gasteiger partial charge is 0.309 e. The van der Waals surface area contributed by atoms with E-state index in [9.17, 15) is 0 Å². The molecule has 0 bridgehead atoms. The number of rotatable bonds is 4. The van der Waals surface area contributed by atoms with Crippen LogP contribution in [0.5, 0.6) is 0 Å². The number of nitrogens with zero attached hydrogens (tertiary/aromatic N) is 4. The molecule has 0 aliphatic heterocycles. The van der Waals surface area contributed by atoms with Crippen molar-refractivity contribution in [3.05, 3.63) is 170 Å². The Kier molecular flexibility index (Phi) is 5.84. The summed E-state index contributed by atoms with van der Waals surface area (Å²) in [6, 6.07) is 60.0. The fraction of sp³-hybridized carbons (Fsp3) is 0. The molecule has 0 atom stereocenters. The zero-order valence-electron chi connectivity index (χ0n) is 26.0. The van der Waals surface area contributed by atoms with Gasteiger partial charge in [0.2, 0.25) is 5.95 Å². The van der Waals surface area contributed by atoms with Crippen LogP contribution in [0, 0.1) is 0 Å². The van der Waals surface area contributed by atoms with E-state index in [0.29, 0.717) is 5.95 Å². The van der Waals surface area contributed by atoms with E-state index in [1.54, 1.807) is 0 Å². The van der Waals surface area contributed by atoms with Crippen LogP contribution in [0.15, 0.2) is 170 Å². The van der Waals surface area contributed by atoms with Crippen molar-refractivity contribution in [2.45, 2.75) is 0 Å². The van der Waals surface area contributed by atoms with Crippen LogP contribution in [0.2, 0.25) is 0 Å². The van der Waals surface area contributed by atoms with Crippen LogP contribution < -0.4 is 0 Å². The number of aromatic nitrogens is 4. The monoisotopic (exact) mass is 612 g/mol. The molecule has 0 amide bonds. The van der Waals surface area contributed by atoms with Gasteiger partial charge in [-0.05, 0) is 59.7 Å². The molecule has 0 N–H and O–H groups in total. The molecule has 3 heterocycles. The van der Waals surface area contributed by atoms with Gasteiger partial charge in [-0.15, -0.1) is 0 Å². The molecule has 10 aromatic rings. The van der Waals surface area contributed by atoms with Gasteiger partial charge in [0, 0.05) is 38.2 Å². The van der Waals surface area contributed by atoms with Crippen LogP contribution in [0.25, 0.3) is 88.5 Å². The molecule has 0 saturated carbocycles. The Bertz CT molecular complexity index is 2810. The van der Waals surface area contributed by atoms with E-state index in [-0.39, 0.29) is 0 Å². The second-order valence-corrected chi connectivity index (χ2v) is 12.2. The van der Waals surface area contributed by atoms with Crippen molar-refractivity contribution in [3.8, 4) is 34.0 Å². The van der Waals surface area contributed by atoms with Gasteiger partial charge in [-0.3, -0.25) is 4.57 Å². The summed E-state index contributed by atoms with van der Waals surface area (Å²) >= 11 is 0. The summed E-state index contributed by atoms with van der Waals surface area (Å²) in [7, 11) is 0. The van der Waals surface area contributed by atoms with E-state index in [0.717, 1.165) is 44.4 Å². The molecule has 3 aromatic heterocycles. The van der Waals surface area contributed by atoms with Crippen LogP contribution in [0.1, 0.15) is 0 Å². The summed E-state index contributed by atoms with van der Waals surface area (Å²) < 4.78 is 4.62. The van der Waals surface area contributed by atoms with Gasteiger partial charge in [-0.2, -0.15) is 0 Å². The molecule has 0 aliphatic rings. The minimum Gasteiger partial charge on any atom is -0.309 e. The molecule has 0 saturated heterocycles. The van der Waals surface area contributed by atoms with Crippen LogP contribution in [-0.4, -0.2) is 19.1 Å². The Hall–Kier alpha value is -6.52. The van der Waals surface area contributed by atoms with E-state index in [1.807, 2.05) is 12.1 Å². The normalized spacial score (nSPS) is 11.8. The van der Waals surface area contributed by atoms with Gasteiger partial charge in [0.05, 0.1) is 33.3 Å². The standard InChI is InChI=1S/C44H28N4/c1-4-14-29(15-5-1)31-24-25-36-35(28-31)43(30-16-6-2-7-17-30)46-44(45-36)48-38-23-13-11-21-34(38)42-40(48)27-26-39-41(42)33-20-10-12-22-37(33)47(39)32-18-8-3-9-19-32/h1-28H. The average molecular weight is 613 g/mol. The van der Waals surface area contributed by atoms with Crippen molar-refractivity contribution in [2.75, 3.05) is 0 Å². The molecule has 10 rings (SSSR count). The van der Waals surface area contributed by atoms with Crippen molar-refractivity contribution in [1.82, 2.24) is 19.1 Å². The zero-order chi connectivity index (χ0) is 31.6. The second kappa shape index (κ2) is 10.5. The van der Waals surface area contributed by atoms with Gasteiger partial charge in [0.15, 0.2) is 0 Å². The van der Waals surface area contributed by atoms with Crippen LogP contribution in [0.3, 0.4) is 0 Å². The lowest BCUT2D eigenvalue weighted by Crippen LogP contribution is -2.03. The fourth-order valence-corrected chi connectivity index (χ4v) is 7.43. The van der Waals surface area contributed by atoms with Gasteiger partial charge in [-0.25, -0.2) is 9.97 Å². The summed E-state index contributed by atoms with van der Waals surface area (Å²) in [4.78, 5) is 10.7. The third kappa shape index (κ3) is 3.96. The molecule has 48 heavy (non-hydrogen) atoms. The Morgan fingerprint density at radius 2 is 0.896 bits per heavy atom. The van der Waals surface area contributed by atoms with E-state index >= 15 is 0 Å². The first kappa shape index (κ1) is 26.7. The lowest BCUT2D eigenvalue weighted by atomic mass is 10.0. The minimum absolute atomic E-state index is 0.658. The van der Waals surface area contributed by atoms with Crippen molar-refractivity contribution in [3.63, 3.8) is 0 Å². The van der Waals surface area contributed by atoms with Gasteiger partial charge in [-0.1, -0.05) is 121 Å². The number of fused-ring (bicyclic) bond motifs is 8. The maximum atomic E-state index is 5.39. The fourth-order valence-electron chi connectivity index (χ4n) is 7.43. The zero-order valence-corrected chi connectivity index (χ0v) is 26.0. The Morgan fingerprint density at radius 3 is 1.56 bits per heavy atom. The van der Waals surface area contributed by atoms with Gasteiger partial charge in [0.1, 0.15) is 0 Å². The SMILES string of the molecule is c1ccc(-c2ccc3nc(-n4c5ccccc5c5c6c7ccccc7n(-c7ccccc7)c6ccc54)nc(-c4ccccc4)c3c2)cc1. The quantitative estimate of drug-likeness (QED) is 0.198. The highest BCUT2D eigenvalue weighted by molar-refractivity contribution is 6.28. The highest BCUT2D eigenvalue weighted by atomic mass is 15.2. The number of benzene rings is 7. The molecule has 7 aromatic carbocycles. The molecule has 0 aliphatic carbocycles. The van der Waals surface area contributed by atoms with Crippen molar-refractivity contribution in [2.24, 2.45) is 0 Å². The van der Waals surface area contributed by atoms with E-state index in [2.05, 4.69) is 167 Å². The molecule has 0 spiro atoms. The van der Waals surface area contributed by atoms with E-state index in [4.69, 9.17) is 9.97 Å². The smallest absolute Gasteiger partial charge is 0.235 e. The molecular weight excluding hydrogens is 585 g/mol. The minimum atomic E-state index is 0.658. The Balaban J connectivity index is 1.31. The lowest BCUT2D eigenvalue weighted by Gasteiger charge is -2.13. The first-order valence-electron chi connectivity index (χ1n) is 16.3. The van der Waals surface area contributed by atoms with Crippen LogP contribution >= 0.6 is 0 Å². The summed E-state index contributed by atoms with van der Waals surface area (Å²) in [5.41, 5.74) is 10.9. The molecule has 0 fully saturated rings. The predicted molar refractivity (Wildman–Crippen MR) is 199 cm³/mol. The lowest BCUT2D eigenvalue weighted by molar-refractivity contribution is 1.01. The number of hydrogen-bond donors (Lipinski definition) is 0. The van der Waals surface area contributed by atoms with E-state index < -0.39 is 0 Å². The molecule has 0 radical (unpaired) electrons. The van der Waals surface area contributed by atoms with Crippen LogP contribution in [0.4, 0.5) is 0 Å². The molecule has 224 valence electrons. The third-order valence-electron chi connectivity index (χ3n) is 9.52. The number of hydrogen-bond acceptors (Lipinski definition) is 2. The van der Waals surface area contributed by atoms with Gasteiger partial charge < -0.3 is 4.57 Å². The Morgan fingerprint density at radius 1 is 0.354 bits per heavy atom. The van der Waals surface area contributed by atoms with E-state index in [1.165, 1.54) is 38.1 Å². The molecule has 4 nitrogen and oxygen atoms in total. The summed E-state index contributed by atoms with van der Waals surface area (Å²) in [6.07, 6.45) is 0. The molecular formula is C44H28N4.